The summed E-state index contributed by atoms with van der Waals surface area (Å²) in [5, 5.41) is 5.65. The summed E-state index contributed by atoms with van der Waals surface area (Å²) in [7, 11) is 0. The molecule has 0 heteroatoms. The molecule has 0 aliphatic heterocycles. The Labute approximate surface area is 159 Å². The van der Waals surface area contributed by atoms with Crippen LogP contribution in [0.2, 0.25) is 0 Å². The van der Waals surface area contributed by atoms with Gasteiger partial charge in [0.2, 0.25) is 0 Å². The summed E-state index contributed by atoms with van der Waals surface area (Å²) in [6, 6.07) is 16.1. The van der Waals surface area contributed by atoms with Crippen LogP contribution in [0.25, 0.3) is 21.5 Å². The van der Waals surface area contributed by atoms with Gasteiger partial charge in [0.25, 0.3) is 0 Å². The summed E-state index contributed by atoms with van der Waals surface area (Å²) in [5.74, 6) is 0. The van der Waals surface area contributed by atoms with Gasteiger partial charge in [-0.05, 0) is 54.5 Å². The second-order valence-electron chi connectivity index (χ2n) is 10.8. The van der Waals surface area contributed by atoms with Gasteiger partial charge in [-0.1, -0.05) is 105 Å². The summed E-state index contributed by atoms with van der Waals surface area (Å²) in [4.78, 5) is 0. The zero-order chi connectivity index (χ0) is 19.5. The van der Waals surface area contributed by atoms with E-state index in [1.165, 1.54) is 38.2 Å². The van der Waals surface area contributed by atoms with Crippen LogP contribution >= 0.6 is 0 Å². The molecule has 0 N–H and O–H groups in total. The highest BCUT2D eigenvalue weighted by molar-refractivity contribution is 6.07. The minimum atomic E-state index is 0.0881. The number of hydrogen-bond donors (Lipinski definition) is 0. The second kappa shape index (κ2) is 5.84. The molecule has 0 aromatic heterocycles. The van der Waals surface area contributed by atoms with Crippen molar-refractivity contribution in [2.45, 2.75) is 78.6 Å². The first-order valence-corrected chi connectivity index (χ1v) is 9.82. The van der Waals surface area contributed by atoms with Crippen LogP contribution in [-0.4, -0.2) is 0 Å². The Bertz CT molecular complexity index is 967. The lowest BCUT2D eigenvalue weighted by Crippen LogP contribution is -2.18. The van der Waals surface area contributed by atoms with Crippen LogP contribution < -0.4 is 0 Å². The molecule has 0 radical (unpaired) electrons. The molecule has 138 valence electrons. The minimum Gasteiger partial charge on any atom is -0.0616 e. The molecule has 0 spiro atoms. The molecule has 0 bridgehead atoms. The Morgan fingerprint density at radius 2 is 0.885 bits per heavy atom. The Hall–Kier alpha value is -1.82. The highest BCUT2D eigenvalue weighted by Gasteiger charge is 2.28. The average Bonchev–Trinajstić information content (AvgIpc) is 2.48. The van der Waals surface area contributed by atoms with Gasteiger partial charge in [-0.3, -0.25) is 0 Å². The first-order valence-electron chi connectivity index (χ1n) is 9.82. The topological polar surface area (TPSA) is 0 Å². The van der Waals surface area contributed by atoms with Crippen molar-refractivity contribution >= 4 is 21.5 Å². The predicted octanol–water partition coefficient (Wildman–Crippen LogP) is 7.89. The third-order valence-electron chi connectivity index (χ3n) is 5.39. The predicted molar refractivity (Wildman–Crippen MR) is 118 cm³/mol. The van der Waals surface area contributed by atoms with Crippen LogP contribution in [0.4, 0.5) is 0 Å². The van der Waals surface area contributed by atoms with E-state index in [0.29, 0.717) is 0 Å². The van der Waals surface area contributed by atoms with Crippen LogP contribution in [0.5, 0.6) is 0 Å². The van der Waals surface area contributed by atoms with Crippen LogP contribution in [0, 0.1) is 0 Å². The summed E-state index contributed by atoms with van der Waals surface area (Å²) >= 11 is 0. The van der Waals surface area contributed by atoms with Gasteiger partial charge in [-0.25, -0.2) is 0 Å². The molecule has 0 heterocycles. The van der Waals surface area contributed by atoms with Crippen molar-refractivity contribution in [1.29, 1.82) is 0 Å². The Morgan fingerprint density at radius 1 is 0.462 bits per heavy atom. The van der Waals surface area contributed by atoms with Gasteiger partial charge in [0.15, 0.2) is 0 Å². The summed E-state index contributed by atoms with van der Waals surface area (Å²) in [5.41, 5.74) is 4.68. The van der Waals surface area contributed by atoms with E-state index in [-0.39, 0.29) is 16.2 Å². The van der Waals surface area contributed by atoms with E-state index >= 15 is 0 Å². The molecule has 0 unspecified atom stereocenters. The largest absolute Gasteiger partial charge is 0.0616 e. The van der Waals surface area contributed by atoms with E-state index in [2.05, 4.69) is 105 Å². The van der Waals surface area contributed by atoms with Crippen molar-refractivity contribution in [2.24, 2.45) is 0 Å². The third-order valence-corrected chi connectivity index (χ3v) is 5.39. The van der Waals surface area contributed by atoms with E-state index < -0.39 is 0 Å². The van der Waals surface area contributed by atoms with E-state index in [1.54, 1.807) is 0 Å². The first kappa shape index (κ1) is 19.0. The highest BCUT2D eigenvalue weighted by atomic mass is 14.3. The summed E-state index contributed by atoms with van der Waals surface area (Å²) in [6.07, 6.45) is 0. The standard InChI is InChI=1S/C26H34/c1-24(2,3)17-14-15-20-21(16-17)23(26(7,8)9)19-13-11-10-12-18(19)22(20)25(4,5)6/h10-16H,1-9H3. The summed E-state index contributed by atoms with van der Waals surface area (Å²) in [6.45, 7) is 20.9. The van der Waals surface area contributed by atoms with E-state index in [9.17, 15) is 0 Å². The van der Waals surface area contributed by atoms with Crippen molar-refractivity contribution < 1.29 is 0 Å². The highest BCUT2D eigenvalue weighted by Crippen LogP contribution is 2.44. The fraction of sp³-hybridized carbons (Fsp3) is 0.462. The van der Waals surface area contributed by atoms with E-state index in [0.717, 1.165) is 0 Å². The maximum absolute atomic E-state index is 2.46. The molecule has 0 fully saturated rings. The Kier molecular flexibility index (Phi) is 4.26. The molecule has 0 saturated heterocycles. The number of fused-ring (bicyclic) bond motifs is 2. The molecular weight excluding hydrogens is 312 g/mol. The van der Waals surface area contributed by atoms with Crippen molar-refractivity contribution in [1.82, 2.24) is 0 Å². The van der Waals surface area contributed by atoms with Gasteiger partial charge in [-0.15, -0.1) is 0 Å². The molecule has 0 aliphatic carbocycles. The normalized spacial score (nSPS) is 13.6. The van der Waals surface area contributed by atoms with Gasteiger partial charge in [0, 0.05) is 0 Å². The Morgan fingerprint density at radius 3 is 1.31 bits per heavy atom. The van der Waals surface area contributed by atoms with Gasteiger partial charge in [0.05, 0.1) is 0 Å². The molecule has 0 aliphatic rings. The smallest absolute Gasteiger partial charge is 0.0120 e. The third kappa shape index (κ3) is 3.15. The molecule has 0 saturated carbocycles. The minimum absolute atomic E-state index is 0.0881. The van der Waals surface area contributed by atoms with Crippen LogP contribution in [0.1, 0.15) is 79.0 Å². The molecular formula is C26H34. The van der Waals surface area contributed by atoms with Crippen LogP contribution in [0.3, 0.4) is 0 Å². The van der Waals surface area contributed by atoms with E-state index in [4.69, 9.17) is 0 Å². The van der Waals surface area contributed by atoms with Crippen molar-refractivity contribution in [3.8, 4) is 0 Å². The molecule has 3 aromatic rings. The van der Waals surface area contributed by atoms with Gasteiger partial charge in [-0.2, -0.15) is 0 Å². The SMILES string of the molecule is CC(C)(C)c1ccc2c(C(C)(C)C)c3ccccc3c(C(C)(C)C)c2c1. The lowest BCUT2D eigenvalue weighted by Gasteiger charge is -2.31. The monoisotopic (exact) mass is 346 g/mol. The molecule has 0 atom stereocenters. The number of benzene rings is 3. The average molecular weight is 347 g/mol. The first-order chi connectivity index (χ1) is 11.8. The lowest BCUT2D eigenvalue weighted by atomic mass is 9.73. The number of hydrogen-bond acceptors (Lipinski definition) is 0. The van der Waals surface area contributed by atoms with E-state index in [1.807, 2.05) is 0 Å². The van der Waals surface area contributed by atoms with Crippen molar-refractivity contribution in [3.63, 3.8) is 0 Å². The number of rotatable bonds is 0. The van der Waals surface area contributed by atoms with Crippen molar-refractivity contribution in [3.05, 3.63) is 59.2 Å². The van der Waals surface area contributed by atoms with Crippen LogP contribution in [0.15, 0.2) is 42.5 Å². The summed E-state index contributed by atoms with van der Waals surface area (Å²) < 4.78 is 0. The molecule has 3 aromatic carbocycles. The zero-order valence-corrected chi connectivity index (χ0v) is 18.0. The van der Waals surface area contributed by atoms with Gasteiger partial charge >= 0.3 is 0 Å². The Balaban J connectivity index is 2.64. The van der Waals surface area contributed by atoms with Crippen molar-refractivity contribution in [2.75, 3.05) is 0 Å². The molecule has 0 nitrogen and oxygen atoms in total. The second-order valence-corrected chi connectivity index (χ2v) is 10.8. The van der Waals surface area contributed by atoms with Gasteiger partial charge in [0.1, 0.15) is 0 Å². The fourth-order valence-electron chi connectivity index (χ4n) is 4.26. The quantitative estimate of drug-likeness (QED) is 0.363. The zero-order valence-electron chi connectivity index (χ0n) is 18.0. The molecule has 3 rings (SSSR count). The molecule has 26 heavy (non-hydrogen) atoms. The fourth-order valence-corrected chi connectivity index (χ4v) is 4.26. The lowest BCUT2D eigenvalue weighted by molar-refractivity contribution is 0.586. The maximum Gasteiger partial charge on any atom is -0.0120 e. The van der Waals surface area contributed by atoms with Gasteiger partial charge < -0.3 is 0 Å². The van der Waals surface area contributed by atoms with Crippen LogP contribution in [-0.2, 0) is 16.2 Å². The maximum atomic E-state index is 2.46. The molecule has 0 amide bonds.